The molecule has 0 aliphatic heterocycles. The standard InChI is InChI=1S/C8H5FO4/c9-7-5(3-11)4(2-10)1-6(12)8(7)13/h1-3,12-13H. The Labute approximate surface area is 72.2 Å². The number of hydrogen-bond donors (Lipinski definition) is 2. The van der Waals surface area contributed by atoms with Crippen molar-refractivity contribution in [3.05, 3.63) is 23.0 Å². The van der Waals surface area contributed by atoms with Crippen LogP contribution in [0, 0.1) is 5.82 Å². The third-order valence-corrected chi connectivity index (χ3v) is 1.54. The molecule has 1 aromatic carbocycles. The third kappa shape index (κ3) is 1.35. The van der Waals surface area contributed by atoms with Crippen LogP contribution in [0.1, 0.15) is 20.7 Å². The van der Waals surface area contributed by atoms with Crippen molar-refractivity contribution in [1.82, 2.24) is 0 Å². The Morgan fingerprint density at radius 2 is 1.85 bits per heavy atom. The smallest absolute Gasteiger partial charge is 0.194 e. The molecular formula is C8H5FO4. The first kappa shape index (κ1) is 9.18. The fourth-order valence-electron chi connectivity index (χ4n) is 0.877. The molecule has 0 amide bonds. The van der Waals surface area contributed by atoms with Crippen molar-refractivity contribution in [2.24, 2.45) is 0 Å². The lowest BCUT2D eigenvalue weighted by molar-refractivity contribution is 0.109. The van der Waals surface area contributed by atoms with Gasteiger partial charge in [-0.3, -0.25) is 9.59 Å². The van der Waals surface area contributed by atoms with E-state index in [4.69, 9.17) is 10.2 Å². The van der Waals surface area contributed by atoms with E-state index in [0.29, 0.717) is 0 Å². The number of carbonyl (C=O) groups excluding carboxylic acids is 2. The predicted molar refractivity (Wildman–Crippen MR) is 40.5 cm³/mol. The molecule has 0 unspecified atom stereocenters. The lowest BCUT2D eigenvalue weighted by Crippen LogP contribution is -1.96. The first-order valence-corrected chi connectivity index (χ1v) is 3.26. The highest BCUT2D eigenvalue weighted by molar-refractivity contribution is 5.91. The zero-order valence-corrected chi connectivity index (χ0v) is 6.32. The molecule has 4 nitrogen and oxygen atoms in total. The Morgan fingerprint density at radius 1 is 1.23 bits per heavy atom. The first-order valence-electron chi connectivity index (χ1n) is 3.26. The van der Waals surface area contributed by atoms with Gasteiger partial charge >= 0.3 is 0 Å². The summed E-state index contributed by atoms with van der Waals surface area (Å²) in [7, 11) is 0. The average Bonchev–Trinajstić information content (AvgIpc) is 2.13. The van der Waals surface area contributed by atoms with E-state index in [1.54, 1.807) is 0 Å². The highest BCUT2D eigenvalue weighted by Crippen LogP contribution is 2.31. The third-order valence-electron chi connectivity index (χ3n) is 1.54. The van der Waals surface area contributed by atoms with Gasteiger partial charge in [0, 0.05) is 5.56 Å². The minimum absolute atomic E-state index is 0.0955. The molecule has 1 rings (SSSR count). The summed E-state index contributed by atoms with van der Waals surface area (Å²) in [6.45, 7) is 0. The highest BCUT2D eigenvalue weighted by Gasteiger charge is 2.16. The molecule has 0 aromatic heterocycles. The van der Waals surface area contributed by atoms with E-state index in [9.17, 15) is 14.0 Å². The quantitative estimate of drug-likeness (QED) is 0.528. The molecule has 0 atom stereocenters. The molecule has 0 radical (unpaired) electrons. The van der Waals surface area contributed by atoms with E-state index in [1.165, 1.54) is 0 Å². The maximum absolute atomic E-state index is 12.9. The van der Waals surface area contributed by atoms with Gasteiger partial charge in [-0.2, -0.15) is 0 Å². The number of phenols is 2. The van der Waals surface area contributed by atoms with Crippen LogP contribution in [0.5, 0.6) is 11.5 Å². The van der Waals surface area contributed by atoms with Crippen molar-refractivity contribution >= 4 is 12.6 Å². The van der Waals surface area contributed by atoms with Crippen molar-refractivity contribution in [3.63, 3.8) is 0 Å². The van der Waals surface area contributed by atoms with Gasteiger partial charge in [0.05, 0.1) is 5.56 Å². The second-order valence-electron chi connectivity index (χ2n) is 2.30. The average molecular weight is 184 g/mol. The Hall–Kier alpha value is -1.91. The topological polar surface area (TPSA) is 74.6 Å². The highest BCUT2D eigenvalue weighted by atomic mass is 19.1. The van der Waals surface area contributed by atoms with Crippen LogP contribution in [0.25, 0.3) is 0 Å². The van der Waals surface area contributed by atoms with Gasteiger partial charge in [0.15, 0.2) is 29.9 Å². The minimum atomic E-state index is -1.29. The van der Waals surface area contributed by atoms with Crippen LogP contribution < -0.4 is 0 Å². The molecular weight excluding hydrogens is 179 g/mol. The molecule has 5 heteroatoms. The largest absolute Gasteiger partial charge is 0.504 e. The SMILES string of the molecule is O=Cc1cc(O)c(O)c(F)c1C=O. The summed E-state index contributed by atoms with van der Waals surface area (Å²) >= 11 is 0. The van der Waals surface area contributed by atoms with E-state index < -0.39 is 22.9 Å². The summed E-state index contributed by atoms with van der Waals surface area (Å²) in [6.07, 6.45) is 0.310. The fourth-order valence-corrected chi connectivity index (χ4v) is 0.877. The van der Waals surface area contributed by atoms with Crippen LogP contribution >= 0.6 is 0 Å². The predicted octanol–water partition coefficient (Wildman–Crippen LogP) is 0.862. The van der Waals surface area contributed by atoms with Gasteiger partial charge in [-0.15, -0.1) is 0 Å². The Morgan fingerprint density at radius 3 is 2.31 bits per heavy atom. The lowest BCUT2D eigenvalue weighted by Gasteiger charge is -2.03. The van der Waals surface area contributed by atoms with Crippen LogP contribution in [0.3, 0.4) is 0 Å². The normalized spacial score (nSPS) is 9.62. The second-order valence-corrected chi connectivity index (χ2v) is 2.30. The van der Waals surface area contributed by atoms with Crippen LogP contribution in [0.15, 0.2) is 6.07 Å². The monoisotopic (exact) mass is 184 g/mol. The van der Waals surface area contributed by atoms with Crippen molar-refractivity contribution in [2.45, 2.75) is 0 Å². The number of benzene rings is 1. The maximum atomic E-state index is 12.9. The van der Waals surface area contributed by atoms with Crippen LogP contribution in [0.2, 0.25) is 0 Å². The Bertz CT molecular complexity index is 373. The molecule has 2 N–H and O–H groups in total. The van der Waals surface area contributed by atoms with Gasteiger partial charge in [-0.25, -0.2) is 4.39 Å². The molecule has 0 aliphatic rings. The summed E-state index contributed by atoms with van der Waals surface area (Å²) < 4.78 is 12.9. The fraction of sp³-hybridized carbons (Fsp3) is 0. The van der Waals surface area contributed by atoms with E-state index >= 15 is 0 Å². The van der Waals surface area contributed by atoms with E-state index in [2.05, 4.69) is 0 Å². The first-order chi connectivity index (χ1) is 6.11. The molecule has 0 aliphatic carbocycles. The molecule has 0 fully saturated rings. The van der Waals surface area contributed by atoms with E-state index in [1.807, 2.05) is 0 Å². The molecule has 13 heavy (non-hydrogen) atoms. The van der Waals surface area contributed by atoms with Gasteiger partial charge in [-0.1, -0.05) is 0 Å². The van der Waals surface area contributed by atoms with Crippen LogP contribution in [0.4, 0.5) is 4.39 Å². The zero-order valence-electron chi connectivity index (χ0n) is 6.32. The minimum Gasteiger partial charge on any atom is -0.504 e. The van der Waals surface area contributed by atoms with Crippen molar-refractivity contribution in [1.29, 1.82) is 0 Å². The van der Waals surface area contributed by atoms with E-state index in [0.717, 1.165) is 6.07 Å². The molecule has 0 bridgehead atoms. The maximum Gasteiger partial charge on any atom is 0.194 e. The number of aldehydes is 2. The van der Waals surface area contributed by atoms with Crippen molar-refractivity contribution in [2.75, 3.05) is 0 Å². The van der Waals surface area contributed by atoms with Gasteiger partial charge in [0.1, 0.15) is 0 Å². The Kier molecular flexibility index (Phi) is 2.27. The van der Waals surface area contributed by atoms with Gasteiger partial charge in [0.25, 0.3) is 0 Å². The Balaban J connectivity index is 3.56. The number of carbonyl (C=O) groups is 2. The number of halogens is 1. The number of aromatic hydroxyl groups is 2. The summed E-state index contributed by atoms with van der Waals surface area (Å²) in [4.78, 5) is 20.6. The number of hydrogen-bond acceptors (Lipinski definition) is 4. The van der Waals surface area contributed by atoms with Crippen molar-refractivity contribution in [3.8, 4) is 11.5 Å². The molecule has 68 valence electrons. The summed E-state index contributed by atoms with van der Waals surface area (Å²) in [5.74, 6) is -3.10. The van der Waals surface area contributed by atoms with Crippen LogP contribution in [-0.4, -0.2) is 22.8 Å². The molecule has 0 heterocycles. The molecule has 0 saturated carbocycles. The second kappa shape index (κ2) is 3.22. The summed E-state index contributed by atoms with van der Waals surface area (Å²) in [5, 5.41) is 17.7. The van der Waals surface area contributed by atoms with Gasteiger partial charge < -0.3 is 10.2 Å². The number of phenolic OH excluding ortho intramolecular Hbond substituents is 2. The van der Waals surface area contributed by atoms with Crippen LogP contribution in [-0.2, 0) is 0 Å². The lowest BCUT2D eigenvalue weighted by atomic mass is 10.1. The zero-order chi connectivity index (χ0) is 10.0. The molecule has 0 saturated heterocycles. The van der Waals surface area contributed by atoms with E-state index in [-0.39, 0.29) is 18.1 Å². The van der Waals surface area contributed by atoms with Gasteiger partial charge in [0.2, 0.25) is 0 Å². The van der Waals surface area contributed by atoms with Crippen molar-refractivity contribution < 1.29 is 24.2 Å². The van der Waals surface area contributed by atoms with Gasteiger partial charge in [-0.05, 0) is 6.07 Å². The number of rotatable bonds is 2. The molecule has 0 spiro atoms. The summed E-state index contributed by atoms with van der Waals surface area (Å²) in [5.41, 5.74) is -0.867. The molecule has 1 aromatic rings. The summed E-state index contributed by atoms with van der Waals surface area (Å²) in [6, 6.07) is 0.815.